The average molecular weight is 547 g/mol. The number of nitrogens with zero attached hydrogens (tertiary/aromatic N) is 1. The van der Waals surface area contributed by atoms with E-state index in [1.54, 1.807) is 49.4 Å². The first-order valence-corrected chi connectivity index (χ1v) is 13.3. The van der Waals surface area contributed by atoms with E-state index in [2.05, 4.69) is 5.32 Å². The molecule has 1 fully saturated rings. The van der Waals surface area contributed by atoms with Crippen molar-refractivity contribution < 1.29 is 31.5 Å². The zero-order valence-corrected chi connectivity index (χ0v) is 21.6. The maximum atomic E-state index is 15.0. The first kappa shape index (κ1) is 28.0. The summed E-state index contributed by atoms with van der Waals surface area (Å²) >= 11 is -1.99. The molecule has 0 saturated carbocycles. The van der Waals surface area contributed by atoms with Crippen LogP contribution in [0.1, 0.15) is 34.4 Å². The van der Waals surface area contributed by atoms with Crippen molar-refractivity contribution in [1.82, 2.24) is 4.90 Å². The molecule has 1 aliphatic rings. The van der Waals surface area contributed by atoms with Crippen LogP contribution >= 0.6 is 0 Å². The number of anilines is 1. The van der Waals surface area contributed by atoms with Crippen LogP contribution in [0.2, 0.25) is 0 Å². The van der Waals surface area contributed by atoms with Crippen LogP contribution in [0.25, 0.3) is 0 Å². The molecule has 1 heterocycles. The van der Waals surface area contributed by atoms with Gasteiger partial charge in [-0.2, -0.15) is 13.2 Å². The van der Waals surface area contributed by atoms with Gasteiger partial charge in [0.05, 0.1) is 24.9 Å². The quantitative estimate of drug-likeness (QED) is 0.376. The number of ether oxygens (including phenoxy) is 1. The zero-order chi connectivity index (χ0) is 27.3. The van der Waals surface area contributed by atoms with Gasteiger partial charge >= 0.3 is 6.18 Å². The number of alkyl halides is 3. The molecule has 0 aromatic heterocycles. The first-order chi connectivity index (χ1) is 18.1. The van der Waals surface area contributed by atoms with Gasteiger partial charge in [0.1, 0.15) is 0 Å². The second kappa shape index (κ2) is 11.8. The first-order valence-electron chi connectivity index (χ1n) is 12.2. The van der Waals surface area contributed by atoms with E-state index in [1.807, 2.05) is 0 Å². The Morgan fingerprint density at radius 1 is 0.974 bits per heavy atom. The fraction of sp³-hybridized carbons (Fsp3) is 0.321. The molecule has 1 aliphatic heterocycles. The largest absolute Gasteiger partial charge is 0.415 e. The van der Waals surface area contributed by atoms with E-state index in [-0.39, 0.29) is 49.8 Å². The Bertz CT molecular complexity index is 1250. The summed E-state index contributed by atoms with van der Waals surface area (Å²) < 4.78 is 70.9. The highest BCUT2D eigenvalue weighted by Gasteiger charge is 2.60. The Balaban J connectivity index is 1.56. The van der Waals surface area contributed by atoms with Gasteiger partial charge in [-0.05, 0) is 41.3 Å². The molecule has 3 aromatic rings. The predicted molar refractivity (Wildman–Crippen MR) is 140 cm³/mol. The summed E-state index contributed by atoms with van der Waals surface area (Å²) in [5.41, 5.74) is -0.428. The smallest absolute Gasteiger partial charge is 0.379 e. The van der Waals surface area contributed by atoms with Crippen LogP contribution in [0.3, 0.4) is 0 Å². The van der Waals surface area contributed by atoms with Crippen LogP contribution in [-0.4, -0.2) is 52.0 Å². The summed E-state index contributed by atoms with van der Waals surface area (Å²) in [4.78, 5) is 14.0. The number of morpholine rings is 1. The summed E-state index contributed by atoms with van der Waals surface area (Å²) in [7, 11) is 0. The predicted octanol–water partition coefficient (Wildman–Crippen LogP) is 5.29. The fourth-order valence-corrected chi connectivity index (χ4v) is 5.21. The van der Waals surface area contributed by atoms with Gasteiger partial charge in [0.15, 0.2) is 16.6 Å². The maximum absolute atomic E-state index is 15.0. The molecule has 1 amide bonds. The molecule has 10 heteroatoms. The monoisotopic (exact) mass is 546 g/mol. The molecule has 4 rings (SSSR count). The number of nitrogens with one attached hydrogen (secondary N) is 1. The van der Waals surface area contributed by atoms with Crippen molar-refractivity contribution in [2.24, 2.45) is 0 Å². The Kier molecular flexibility index (Phi) is 8.67. The number of carbonyl (C=O) groups excluding carboxylic acids is 1. The van der Waals surface area contributed by atoms with Gasteiger partial charge in [-0.3, -0.25) is 9.69 Å². The molecule has 202 valence electrons. The van der Waals surface area contributed by atoms with Crippen molar-refractivity contribution >= 4 is 22.7 Å². The molecule has 1 saturated heterocycles. The lowest BCUT2D eigenvalue weighted by molar-refractivity contribution is -0.231. The Morgan fingerprint density at radius 3 is 2.11 bits per heavy atom. The molecule has 3 atom stereocenters. The third-order valence-electron chi connectivity index (χ3n) is 6.79. The van der Waals surface area contributed by atoms with Crippen LogP contribution in [0, 0.1) is 0 Å². The van der Waals surface area contributed by atoms with Gasteiger partial charge in [0, 0.05) is 18.8 Å². The summed E-state index contributed by atoms with van der Waals surface area (Å²) in [5, 5.41) is 2.19. The van der Waals surface area contributed by atoms with E-state index in [0.29, 0.717) is 16.8 Å². The summed E-state index contributed by atoms with van der Waals surface area (Å²) in [6, 6.07) is 20.5. The molecule has 3 unspecified atom stereocenters. The number of rotatable bonds is 8. The van der Waals surface area contributed by atoms with Gasteiger partial charge in [-0.1, -0.05) is 66.7 Å². The van der Waals surface area contributed by atoms with Gasteiger partial charge < -0.3 is 14.6 Å². The van der Waals surface area contributed by atoms with Gasteiger partial charge in [-0.15, -0.1) is 0 Å². The van der Waals surface area contributed by atoms with E-state index < -0.39 is 28.0 Å². The summed E-state index contributed by atoms with van der Waals surface area (Å²) in [5.74, 6) is -0.331. The highest BCUT2D eigenvalue weighted by molar-refractivity contribution is 7.79. The SMILES string of the molecule is CC(c1ccc(CC(=O)Nc2ccc(C(c3ccccc3)(N3CCOCC3)C(F)(F)F)cc2)cc1)S(=O)O. The lowest BCUT2D eigenvalue weighted by Crippen LogP contribution is -2.60. The Labute approximate surface area is 222 Å². The Hall–Kier alpha value is -3.05. The molecule has 2 N–H and O–H groups in total. The number of carbonyl (C=O) groups is 1. The number of hydrogen-bond acceptors (Lipinski definition) is 4. The maximum Gasteiger partial charge on any atom is 0.415 e. The van der Waals surface area contributed by atoms with Crippen LogP contribution in [0.4, 0.5) is 18.9 Å². The fourth-order valence-electron chi connectivity index (χ4n) is 4.82. The topological polar surface area (TPSA) is 78.9 Å². The van der Waals surface area contributed by atoms with Crippen molar-refractivity contribution in [1.29, 1.82) is 0 Å². The minimum Gasteiger partial charge on any atom is -0.379 e. The van der Waals surface area contributed by atoms with E-state index in [0.717, 1.165) is 0 Å². The van der Waals surface area contributed by atoms with Crippen LogP contribution in [0.5, 0.6) is 0 Å². The highest BCUT2D eigenvalue weighted by atomic mass is 32.2. The molecule has 3 aromatic carbocycles. The van der Waals surface area contributed by atoms with Crippen molar-refractivity contribution in [2.75, 3.05) is 31.6 Å². The van der Waals surface area contributed by atoms with E-state index in [9.17, 15) is 13.6 Å². The second-order valence-corrected chi connectivity index (χ2v) is 10.4. The van der Waals surface area contributed by atoms with E-state index >= 15 is 13.2 Å². The summed E-state index contributed by atoms with van der Waals surface area (Å²) in [6.45, 7) is 2.29. The van der Waals surface area contributed by atoms with Crippen LogP contribution in [-0.2, 0) is 32.6 Å². The minimum atomic E-state index is -4.62. The summed E-state index contributed by atoms with van der Waals surface area (Å²) in [6.07, 6.45) is -4.58. The lowest BCUT2D eigenvalue weighted by atomic mass is 9.80. The van der Waals surface area contributed by atoms with E-state index in [4.69, 9.17) is 4.74 Å². The van der Waals surface area contributed by atoms with E-state index in [1.165, 1.54) is 41.3 Å². The third kappa shape index (κ3) is 5.83. The van der Waals surface area contributed by atoms with Crippen LogP contribution < -0.4 is 5.32 Å². The number of halogens is 3. The standard InChI is InChI=1S/C28H29F3N2O4S/c1-20(38(35)36)22-9-7-21(8-10-22)19-26(34)32-25-13-11-24(12-14-25)27(28(29,30)31,23-5-3-2-4-6-23)33-15-17-37-18-16-33/h2-14,20H,15-19H2,1H3,(H,32,34)(H,35,36). The average Bonchev–Trinajstić information content (AvgIpc) is 2.90. The number of hydrogen-bond donors (Lipinski definition) is 2. The van der Waals surface area contributed by atoms with Gasteiger partial charge in [-0.25, -0.2) is 4.21 Å². The van der Waals surface area contributed by atoms with Crippen molar-refractivity contribution in [3.63, 3.8) is 0 Å². The highest BCUT2D eigenvalue weighted by Crippen LogP contribution is 2.49. The molecular weight excluding hydrogens is 517 g/mol. The number of benzene rings is 3. The normalized spacial score (nSPS) is 17.8. The minimum absolute atomic E-state index is 0.0446. The molecule has 0 bridgehead atoms. The lowest BCUT2D eigenvalue weighted by Gasteiger charge is -2.47. The van der Waals surface area contributed by atoms with Crippen LogP contribution in [0.15, 0.2) is 78.9 Å². The molecule has 0 aliphatic carbocycles. The zero-order valence-electron chi connectivity index (χ0n) is 20.8. The Morgan fingerprint density at radius 2 is 1.55 bits per heavy atom. The van der Waals surface area contributed by atoms with Crippen molar-refractivity contribution in [3.8, 4) is 0 Å². The number of amides is 1. The molecular formula is C28H29F3N2O4S. The molecule has 38 heavy (non-hydrogen) atoms. The van der Waals surface area contributed by atoms with Crippen molar-refractivity contribution in [3.05, 3.63) is 101 Å². The second-order valence-electron chi connectivity index (χ2n) is 9.14. The third-order valence-corrected chi connectivity index (χ3v) is 7.67. The van der Waals surface area contributed by atoms with Crippen molar-refractivity contribution in [2.45, 2.75) is 30.3 Å². The van der Waals surface area contributed by atoms with Gasteiger partial charge in [0.2, 0.25) is 5.91 Å². The molecule has 0 spiro atoms. The molecule has 0 radical (unpaired) electrons. The van der Waals surface area contributed by atoms with Gasteiger partial charge in [0.25, 0.3) is 0 Å². The molecule has 6 nitrogen and oxygen atoms in total.